The Morgan fingerprint density at radius 1 is 1.44 bits per heavy atom. The number of benzene rings is 1. The zero-order valence-electron chi connectivity index (χ0n) is 8.58. The summed E-state index contributed by atoms with van der Waals surface area (Å²) in [6.45, 7) is 1.87. The summed E-state index contributed by atoms with van der Waals surface area (Å²) < 4.78 is 15.5. The van der Waals surface area contributed by atoms with E-state index in [2.05, 4.69) is 15.9 Å². The van der Waals surface area contributed by atoms with Crippen molar-refractivity contribution in [2.75, 3.05) is 0 Å². The number of aryl methyl sites for hydroxylation is 1. The molecule has 0 unspecified atom stereocenters. The summed E-state index contributed by atoms with van der Waals surface area (Å²) in [7, 11) is 0. The van der Waals surface area contributed by atoms with E-state index in [4.69, 9.17) is 0 Å². The number of hydrogen-bond acceptors (Lipinski definition) is 1. The minimum absolute atomic E-state index is 0.342. The van der Waals surface area contributed by atoms with Crippen LogP contribution in [0.25, 0.3) is 5.69 Å². The first-order chi connectivity index (χ1) is 7.63. The summed E-state index contributed by atoms with van der Waals surface area (Å²) in [4.78, 5) is 10.8. The lowest BCUT2D eigenvalue weighted by molar-refractivity contribution is 0.111. The van der Waals surface area contributed by atoms with Crippen molar-refractivity contribution in [1.29, 1.82) is 0 Å². The van der Waals surface area contributed by atoms with Gasteiger partial charge in [-0.1, -0.05) is 0 Å². The lowest BCUT2D eigenvalue weighted by Crippen LogP contribution is -2.01. The van der Waals surface area contributed by atoms with Gasteiger partial charge in [0.2, 0.25) is 0 Å². The Bertz CT molecular complexity index is 548. The number of aromatic nitrogens is 1. The number of carbonyl (C=O) groups is 1. The first-order valence-electron chi connectivity index (χ1n) is 4.72. The summed E-state index contributed by atoms with van der Waals surface area (Å²) >= 11 is 3.13. The summed E-state index contributed by atoms with van der Waals surface area (Å²) in [5.41, 5.74) is 2.07. The van der Waals surface area contributed by atoms with Gasteiger partial charge in [0.05, 0.1) is 15.9 Å². The molecule has 0 spiro atoms. The van der Waals surface area contributed by atoms with Crippen LogP contribution in [0.2, 0.25) is 0 Å². The maximum atomic E-state index is 13.4. The fourth-order valence-electron chi connectivity index (χ4n) is 1.60. The van der Waals surface area contributed by atoms with Crippen LogP contribution in [0.4, 0.5) is 4.39 Å². The van der Waals surface area contributed by atoms with Gasteiger partial charge in [-0.05, 0) is 52.7 Å². The van der Waals surface area contributed by atoms with E-state index < -0.39 is 0 Å². The fourth-order valence-corrected chi connectivity index (χ4v) is 2.06. The third-order valence-corrected chi connectivity index (χ3v) is 3.01. The Labute approximate surface area is 101 Å². The fraction of sp³-hybridized carbons (Fsp3) is 0.0833. The standard InChI is InChI=1S/C12H9BrFNO/c1-8-5-10(13)11(14)6-12(8)15-4-2-3-9(15)7-16/h2-7H,1H3. The van der Waals surface area contributed by atoms with Crippen molar-refractivity contribution in [1.82, 2.24) is 4.57 Å². The molecule has 16 heavy (non-hydrogen) atoms. The molecule has 0 bridgehead atoms. The number of aldehydes is 1. The molecule has 2 rings (SSSR count). The van der Waals surface area contributed by atoms with Crippen molar-refractivity contribution in [3.63, 3.8) is 0 Å². The van der Waals surface area contributed by atoms with Gasteiger partial charge in [0.1, 0.15) is 5.82 Å². The third-order valence-electron chi connectivity index (χ3n) is 2.40. The first-order valence-corrected chi connectivity index (χ1v) is 5.51. The largest absolute Gasteiger partial charge is 0.314 e. The van der Waals surface area contributed by atoms with Crippen LogP contribution >= 0.6 is 15.9 Å². The van der Waals surface area contributed by atoms with Gasteiger partial charge in [0, 0.05) is 6.20 Å². The maximum Gasteiger partial charge on any atom is 0.166 e. The van der Waals surface area contributed by atoms with Crippen LogP contribution in [0, 0.1) is 12.7 Å². The van der Waals surface area contributed by atoms with Crippen molar-refractivity contribution in [3.8, 4) is 5.69 Å². The Morgan fingerprint density at radius 3 is 2.88 bits per heavy atom. The summed E-state index contributed by atoms with van der Waals surface area (Å²) in [5.74, 6) is -0.342. The van der Waals surface area contributed by atoms with Crippen LogP contribution in [0.15, 0.2) is 34.9 Å². The highest BCUT2D eigenvalue weighted by Crippen LogP contribution is 2.24. The van der Waals surface area contributed by atoms with E-state index in [1.165, 1.54) is 6.07 Å². The molecule has 2 aromatic rings. The monoisotopic (exact) mass is 281 g/mol. The quantitative estimate of drug-likeness (QED) is 0.773. The Kier molecular flexibility index (Phi) is 2.92. The minimum Gasteiger partial charge on any atom is -0.314 e. The van der Waals surface area contributed by atoms with E-state index in [1.54, 1.807) is 29.0 Å². The Hall–Kier alpha value is -1.42. The molecular weight excluding hydrogens is 273 g/mol. The number of hydrogen-bond donors (Lipinski definition) is 0. The van der Waals surface area contributed by atoms with E-state index in [-0.39, 0.29) is 5.82 Å². The van der Waals surface area contributed by atoms with Crippen LogP contribution in [-0.4, -0.2) is 10.9 Å². The Balaban J connectivity index is 2.64. The smallest absolute Gasteiger partial charge is 0.166 e. The number of rotatable bonds is 2. The van der Waals surface area contributed by atoms with Gasteiger partial charge in [0.15, 0.2) is 6.29 Å². The van der Waals surface area contributed by atoms with Crippen LogP contribution < -0.4 is 0 Å². The average molecular weight is 282 g/mol. The lowest BCUT2D eigenvalue weighted by Gasteiger charge is -2.10. The highest BCUT2D eigenvalue weighted by Gasteiger charge is 2.09. The first kappa shape index (κ1) is 11.1. The molecule has 0 atom stereocenters. The van der Waals surface area contributed by atoms with E-state index >= 15 is 0 Å². The highest BCUT2D eigenvalue weighted by atomic mass is 79.9. The molecular formula is C12H9BrFNO. The van der Waals surface area contributed by atoms with Crippen molar-refractivity contribution in [3.05, 3.63) is 52.0 Å². The molecule has 0 aliphatic heterocycles. The second-order valence-corrected chi connectivity index (χ2v) is 4.33. The van der Waals surface area contributed by atoms with Crippen molar-refractivity contribution < 1.29 is 9.18 Å². The molecule has 0 amide bonds. The van der Waals surface area contributed by atoms with Gasteiger partial charge in [-0.15, -0.1) is 0 Å². The lowest BCUT2D eigenvalue weighted by atomic mass is 10.2. The minimum atomic E-state index is -0.342. The van der Waals surface area contributed by atoms with Gasteiger partial charge in [-0.3, -0.25) is 4.79 Å². The third kappa shape index (κ3) is 1.80. The molecule has 0 N–H and O–H groups in total. The second-order valence-electron chi connectivity index (χ2n) is 3.47. The number of nitrogens with zero attached hydrogens (tertiary/aromatic N) is 1. The van der Waals surface area contributed by atoms with Crippen LogP contribution in [-0.2, 0) is 0 Å². The zero-order valence-corrected chi connectivity index (χ0v) is 10.2. The molecule has 0 fully saturated rings. The predicted octanol–water partition coefficient (Wildman–Crippen LogP) is 3.50. The number of halogens is 2. The molecule has 2 nitrogen and oxygen atoms in total. The molecule has 4 heteroatoms. The van der Waals surface area contributed by atoms with Gasteiger partial charge in [-0.25, -0.2) is 4.39 Å². The van der Waals surface area contributed by atoms with Gasteiger partial charge >= 0.3 is 0 Å². The second kappa shape index (κ2) is 4.22. The van der Waals surface area contributed by atoms with Crippen LogP contribution in [0.1, 0.15) is 16.1 Å². The summed E-state index contributed by atoms with van der Waals surface area (Å²) in [6, 6.07) is 6.54. The normalized spacial score (nSPS) is 10.4. The molecule has 1 aromatic carbocycles. The summed E-state index contributed by atoms with van der Waals surface area (Å²) in [6.07, 6.45) is 2.48. The molecule has 0 aliphatic rings. The molecule has 0 saturated carbocycles. The predicted molar refractivity (Wildman–Crippen MR) is 63.6 cm³/mol. The molecule has 0 saturated heterocycles. The van der Waals surface area contributed by atoms with Crippen LogP contribution in [0.3, 0.4) is 0 Å². The SMILES string of the molecule is Cc1cc(Br)c(F)cc1-n1cccc1C=O. The van der Waals surface area contributed by atoms with Crippen molar-refractivity contribution in [2.24, 2.45) is 0 Å². The van der Waals surface area contributed by atoms with Gasteiger partial charge in [-0.2, -0.15) is 0 Å². The molecule has 0 radical (unpaired) electrons. The summed E-state index contributed by atoms with van der Waals surface area (Å²) in [5, 5.41) is 0. The number of carbonyl (C=O) groups excluding carboxylic acids is 1. The van der Waals surface area contributed by atoms with E-state index in [1.807, 2.05) is 6.92 Å². The van der Waals surface area contributed by atoms with Gasteiger partial charge < -0.3 is 4.57 Å². The molecule has 82 valence electrons. The Morgan fingerprint density at radius 2 is 2.19 bits per heavy atom. The highest BCUT2D eigenvalue weighted by molar-refractivity contribution is 9.10. The van der Waals surface area contributed by atoms with Crippen LogP contribution in [0.5, 0.6) is 0 Å². The van der Waals surface area contributed by atoms with Crippen molar-refractivity contribution in [2.45, 2.75) is 6.92 Å². The van der Waals surface area contributed by atoms with Gasteiger partial charge in [0.25, 0.3) is 0 Å². The van der Waals surface area contributed by atoms with E-state index in [0.29, 0.717) is 15.9 Å². The molecule has 0 aliphatic carbocycles. The zero-order chi connectivity index (χ0) is 11.7. The average Bonchev–Trinajstić information content (AvgIpc) is 2.71. The topological polar surface area (TPSA) is 22.0 Å². The van der Waals surface area contributed by atoms with E-state index in [9.17, 15) is 9.18 Å². The van der Waals surface area contributed by atoms with Crippen molar-refractivity contribution >= 4 is 22.2 Å². The molecule has 1 aromatic heterocycles. The van der Waals surface area contributed by atoms with E-state index in [0.717, 1.165) is 11.8 Å². The maximum absolute atomic E-state index is 13.4. The molecule has 1 heterocycles.